The van der Waals surface area contributed by atoms with Crippen LogP contribution in [0.3, 0.4) is 0 Å². The van der Waals surface area contributed by atoms with Gasteiger partial charge in [0.1, 0.15) is 12.6 Å². The Morgan fingerprint density at radius 2 is 1.66 bits per heavy atom. The highest BCUT2D eigenvalue weighted by atomic mass is 35.5. The van der Waals surface area contributed by atoms with Gasteiger partial charge in [-0.1, -0.05) is 73.8 Å². The lowest BCUT2D eigenvalue weighted by Crippen LogP contribution is -2.52. The van der Waals surface area contributed by atoms with E-state index < -0.39 is 28.5 Å². The van der Waals surface area contributed by atoms with Crippen LogP contribution in [0.5, 0.6) is 0 Å². The summed E-state index contributed by atoms with van der Waals surface area (Å²) in [5.74, 6) is -0.647. The fraction of sp³-hybridized carbons (Fsp3) is 0.417. The number of amides is 2. The van der Waals surface area contributed by atoms with Crippen molar-refractivity contribution in [2.24, 2.45) is 5.92 Å². The summed E-state index contributed by atoms with van der Waals surface area (Å²) in [6.45, 7) is 5.72. The predicted molar refractivity (Wildman–Crippen MR) is 143 cm³/mol. The Kier molecular flexibility index (Phi) is 10.7. The van der Waals surface area contributed by atoms with Crippen LogP contribution in [0.4, 0.5) is 5.69 Å². The van der Waals surface area contributed by atoms with E-state index in [9.17, 15) is 18.0 Å². The lowest BCUT2D eigenvalue weighted by atomic mass is 10.1. The topological polar surface area (TPSA) is 86.8 Å². The number of halogens is 3. The molecule has 1 atom stereocenters. The van der Waals surface area contributed by atoms with Crippen molar-refractivity contribution in [2.45, 2.75) is 39.8 Å². The Balaban J connectivity index is 2.45. The highest BCUT2D eigenvalue weighted by molar-refractivity contribution is 7.92. The molecule has 1 N–H and O–H groups in total. The molecule has 0 bridgehead atoms. The summed E-state index contributed by atoms with van der Waals surface area (Å²) in [7, 11) is -3.91. The second-order valence-corrected chi connectivity index (χ2v) is 11.7. The molecule has 0 aliphatic heterocycles. The Labute approximate surface area is 222 Å². The van der Waals surface area contributed by atoms with Crippen LogP contribution < -0.4 is 9.62 Å². The van der Waals surface area contributed by atoms with Crippen LogP contribution in [-0.2, 0) is 26.2 Å². The molecule has 192 valence electrons. The zero-order valence-electron chi connectivity index (χ0n) is 20.1. The number of hydrogen-bond donors (Lipinski definition) is 1. The molecule has 11 heteroatoms. The molecule has 0 aliphatic carbocycles. The molecule has 0 saturated heterocycles. The number of nitrogens with one attached hydrogen (secondary N) is 1. The molecule has 7 nitrogen and oxygen atoms in total. The molecule has 35 heavy (non-hydrogen) atoms. The van der Waals surface area contributed by atoms with E-state index >= 15 is 0 Å². The fourth-order valence-electron chi connectivity index (χ4n) is 3.41. The van der Waals surface area contributed by atoms with E-state index in [0.29, 0.717) is 18.0 Å². The summed E-state index contributed by atoms with van der Waals surface area (Å²) in [6.07, 6.45) is 1.31. The molecule has 0 aromatic heterocycles. The van der Waals surface area contributed by atoms with Gasteiger partial charge < -0.3 is 10.2 Å². The van der Waals surface area contributed by atoms with Crippen molar-refractivity contribution in [3.63, 3.8) is 0 Å². The van der Waals surface area contributed by atoms with Crippen molar-refractivity contribution in [1.82, 2.24) is 10.2 Å². The van der Waals surface area contributed by atoms with E-state index in [4.69, 9.17) is 34.8 Å². The number of nitrogens with zero attached hydrogens (tertiary/aromatic N) is 2. The normalized spacial score (nSPS) is 12.3. The smallest absolute Gasteiger partial charge is 0.244 e. The van der Waals surface area contributed by atoms with E-state index in [1.165, 1.54) is 17.0 Å². The molecule has 0 spiro atoms. The number of rotatable bonds is 11. The van der Waals surface area contributed by atoms with E-state index in [-0.39, 0.29) is 34.1 Å². The van der Waals surface area contributed by atoms with Crippen molar-refractivity contribution < 1.29 is 18.0 Å². The lowest BCUT2D eigenvalue weighted by molar-refractivity contribution is -0.140. The lowest BCUT2D eigenvalue weighted by Gasteiger charge is -2.33. The summed E-state index contributed by atoms with van der Waals surface area (Å²) < 4.78 is 26.2. The second-order valence-electron chi connectivity index (χ2n) is 8.55. The maximum atomic E-state index is 13.6. The maximum Gasteiger partial charge on any atom is 0.244 e. The summed E-state index contributed by atoms with van der Waals surface area (Å²) in [4.78, 5) is 28.0. The second kappa shape index (κ2) is 12.8. The number of carbonyl (C=O) groups is 2. The molecule has 0 fully saturated rings. The molecule has 2 rings (SSSR count). The molecule has 0 saturated carbocycles. The summed E-state index contributed by atoms with van der Waals surface area (Å²) in [6, 6.07) is 10.6. The van der Waals surface area contributed by atoms with E-state index in [1.54, 1.807) is 37.3 Å². The van der Waals surface area contributed by atoms with Gasteiger partial charge in [0, 0.05) is 18.1 Å². The van der Waals surface area contributed by atoms with Gasteiger partial charge in [0.25, 0.3) is 0 Å². The average Bonchev–Trinajstić information content (AvgIpc) is 2.78. The zero-order chi connectivity index (χ0) is 26.3. The summed E-state index contributed by atoms with van der Waals surface area (Å²) >= 11 is 18.4. The number of carbonyl (C=O) groups excluding carboxylic acids is 2. The van der Waals surface area contributed by atoms with Gasteiger partial charge in [-0.15, -0.1) is 0 Å². The highest BCUT2D eigenvalue weighted by Gasteiger charge is 2.32. The largest absolute Gasteiger partial charge is 0.354 e. The van der Waals surface area contributed by atoms with Gasteiger partial charge in [-0.25, -0.2) is 8.42 Å². The first-order valence-corrected chi connectivity index (χ1v) is 14.1. The molecule has 0 unspecified atom stereocenters. The molecule has 0 heterocycles. The van der Waals surface area contributed by atoms with Crippen LogP contribution in [0.15, 0.2) is 42.5 Å². The van der Waals surface area contributed by atoms with Gasteiger partial charge in [-0.3, -0.25) is 13.9 Å². The number of anilines is 1. The third-order valence-electron chi connectivity index (χ3n) is 5.22. The van der Waals surface area contributed by atoms with Crippen LogP contribution in [0.25, 0.3) is 0 Å². The molecule has 0 radical (unpaired) electrons. The first-order chi connectivity index (χ1) is 16.3. The minimum atomic E-state index is -3.91. The molecule has 2 aromatic rings. The monoisotopic (exact) mass is 561 g/mol. The van der Waals surface area contributed by atoms with Gasteiger partial charge >= 0.3 is 0 Å². The first kappa shape index (κ1) is 29.2. The molecule has 2 aromatic carbocycles. The third-order valence-corrected chi connectivity index (χ3v) is 7.40. The summed E-state index contributed by atoms with van der Waals surface area (Å²) in [5, 5.41) is 3.57. The van der Waals surface area contributed by atoms with Crippen LogP contribution in [0.1, 0.15) is 32.8 Å². The molecular formula is C24H30Cl3N3O4S. The van der Waals surface area contributed by atoms with E-state index in [2.05, 4.69) is 5.32 Å². The number of hydrogen-bond acceptors (Lipinski definition) is 4. The average molecular weight is 563 g/mol. The van der Waals surface area contributed by atoms with Crippen LogP contribution in [-0.4, -0.2) is 50.5 Å². The van der Waals surface area contributed by atoms with Gasteiger partial charge in [0.2, 0.25) is 21.8 Å². The van der Waals surface area contributed by atoms with Crippen molar-refractivity contribution in [3.05, 3.63) is 63.1 Å². The minimum absolute atomic E-state index is 0.0124. The van der Waals surface area contributed by atoms with E-state index in [1.807, 2.05) is 13.8 Å². The third kappa shape index (κ3) is 8.27. The Hall–Kier alpha value is -2.00. The van der Waals surface area contributed by atoms with E-state index in [0.717, 1.165) is 16.1 Å². The molecular weight excluding hydrogens is 533 g/mol. The quantitative estimate of drug-likeness (QED) is 0.418. The number of benzene rings is 2. The predicted octanol–water partition coefficient (Wildman–Crippen LogP) is 4.99. The Bertz CT molecular complexity index is 1140. The Morgan fingerprint density at radius 3 is 2.20 bits per heavy atom. The van der Waals surface area contributed by atoms with Crippen LogP contribution in [0.2, 0.25) is 15.1 Å². The standard InChI is InChI=1S/C24H30Cl3N3O4S/c1-5-20(24(32)28-13-16(2)3)29(14-17-9-11-18(25)12-10-17)22(31)15-30(35(4,33)34)21-8-6-7-19(26)23(21)27/h6-12,16,20H,5,13-15H2,1-4H3,(H,28,32)/t20-/m1/s1. The van der Waals surface area contributed by atoms with Gasteiger partial charge in [0.05, 0.1) is 22.0 Å². The maximum absolute atomic E-state index is 13.6. The van der Waals surface area contributed by atoms with Crippen molar-refractivity contribution in [3.8, 4) is 0 Å². The van der Waals surface area contributed by atoms with Gasteiger partial charge in [-0.2, -0.15) is 0 Å². The SMILES string of the molecule is CC[C@H](C(=O)NCC(C)C)N(Cc1ccc(Cl)cc1)C(=O)CN(c1cccc(Cl)c1Cl)S(C)(=O)=O. The summed E-state index contributed by atoms with van der Waals surface area (Å²) in [5.41, 5.74) is 0.823. The molecule has 0 aliphatic rings. The first-order valence-electron chi connectivity index (χ1n) is 11.1. The highest BCUT2D eigenvalue weighted by Crippen LogP contribution is 2.33. The van der Waals surface area contributed by atoms with Crippen molar-refractivity contribution in [1.29, 1.82) is 0 Å². The Morgan fingerprint density at radius 1 is 1.03 bits per heavy atom. The fourth-order valence-corrected chi connectivity index (χ4v) is 4.84. The van der Waals surface area contributed by atoms with Crippen LogP contribution >= 0.6 is 34.8 Å². The zero-order valence-corrected chi connectivity index (χ0v) is 23.2. The van der Waals surface area contributed by atoms with Gasteiger partial charge in [-0.05, 0) is 42.2 Å². The van der Waals surface area contributed by atoms with Crippen molar-refractivity contribution >= 4 is 62.3 Å². The van der Waals surface area contributed by atoms with Crippen LogP contribution in [0, 0.1) is 5.92 Å². The van der Waals surface area contributed by atoms with Gasteiger partial charge in [0.15, 0.2) is 0 Å². The minimum Gasteiger partial charge on any atom is -0.354 e. The number of sulfonamides is 1. The molecule has 2 amide bonds. The van der Waals surface area contributed by atoms with Crippen molar-refractivity contribution in [2.75, 3.05) is 23.7 Å².